The zero-order valence-electron chi connectivity index (χ0n) is 37.2. The summed E-state index contributed by atoms with van der Waals surface area (Å²) >= 11 is 0. The van der Waals surface area contributed by atoms with Gasteiger partial charge in [-0.15, -0.1) is 0 Å². The zero-order valence-corrected chi connectivity index (χ0v) is 39.2. The van der Waals surface area contributed by atoms with Gasteiger partial charge in [-0.05, 0) is 117 Å². The van der Waals surface area contributed by atoms with E-state index in [0.717, 1.165) is 0 Å². The van der Waals surface area contributed by atoms with Crippen molar-refractivity contribution in [1.82, 2.24) is 0 Å². The average Bonchev–Trinajstić information content (AvgIpc) is 3.40. The van der Waals surface area contributed by atoms with E-state index >= 15 is 0 Å². The van der Waals surface area contributed by atoms with Gasteiger partial charge in [0.05, 0.1) is 27.4 Å². The Morgan fingerprint density at radius 2 is 1.10 bits per heavy atom. The molecule has 0 amide bonds. The largest absolute Gasteiger partial charge is 0.335 e. The van der Waals surface area contributed by atoms with Gasteiger partial charge >= 0.3 is 0 Å². The van der Waals surface area contributed by atoms with Crippen LogP contribution in [0.2, 0.25) is 39.3 Å². The number of rotatable bonds is 6. The highest BCUT2D eigenvalue weighted by Gasteiger charge is 2.61. The molecule has 3 heterocycles. The van der Waals surface area contributed by atoms with Crippen molar-refractivity contribution in [2.45, 2.75) is 111 Å². The predicted octanol–water partition coefficient (Wildman–Crippen LogP) is 11.5. The predicted molar refractivity (Wildman–Crippen MR) is 263 cm³/mol. The molecule has 1 saturated carbocycles. The molecule has 2 atom stereocenters. The van der Waals surface area contributed by atoms with Crippen molar-refractivity contribution >= 4 is 95.1 Å². The highest BCUT2D eigenvalue weighted by molar-refractivity contribution is 7.00. The molecule has 298 valence electrons. The lowest BCUT2D eigenvalue weighted by Gasteiger charge is -2.53. The molecule has 3 nitrogen and oxygen atoms in total. The highest BCUT2D eigenvalue weighted by Crippen LogP contribution is 2.62. The van der Waals surface area contributed by atoms with Gasteiger partial charge < -0.3 is 14.7 Å². The van der Waals surface area contributed by atoms with Crippen LogP contribution in [0.4, 0.5) is 45.5 Å². The quantitative estimate of drug-likeness (QED) is 0.155. The van der Waals surface area contributed by atoms with Gasteiger partial charge in [-0.2, -0.15) is 0 Å². The van der Waals surface area contributed by atoms with Crippen LogP contribution in [0.3, 0.4) is 0 Å². The Morgan fingerprint density at radius 3 is 1.71 bits per heavy atom. The van der Waals surface area contributed by atoms with Crippen molar-refractivity contribution in [1.29, 1.82) is 0 Å². The number of anilines is 8. The number of fused-ring (bicyclic) bond motifs is 7. The molecular weight excluding hydrogens is 746 g/mol. The molecule has 10 rings (SSSR count). The van der Waals surface area contributed by atoms with E-state index in [1.165, 1.54) is 115 Å². The number of hydrogen-bond acceptors (Lipinski definition) is 3. The Labute approximate surface area is 356 Å². The Hall–Kier alpha value is -4.78. The Morgan fingerprint density at radius 1 is 0.542 bits per heavy atom. The zero-order chi connectivity index (χ0) is 41.4. The van der Waals surface area contributed by atoms with E-state index in [2.05, 4.69) is 204 Å². The highest BCUT2D eigenvalue weighted by atomic mass is 28.3. The molecule has 0 aromatic heterocycles. The lowest BCUT2D eigenvalue weighted by molar-refractivity contribution is 0.195. The molecule has 3 aliphatic heterocycles. The maximum absolute atomic E-state index is 2.88. The van der Waals surface area contributed by atoms with E-state index in [1.807, 2.05) is 0 Å². The smallest absolute Gasteiger partial charge is 0.252 e. The molecule has 1 aliphatic carbocycles. The molecular formula is C53H60BN3Si2. The average molecular weight is 806 g/mol. The summed E-state index contributed by atoms with van der Waals surface area (Å²) in [5.41, 5.74) is 20.1. The van der Waals surface area contributed by atoms with Gasteiger partial charge in [-0.25, -0.2) is 0 Å². The van der Waals surface area contributed by atoms with Crippen LogP contribution in [0, 0.1) is 20.8 Å². The normalized spacial score (nSPS) is 20.2. The Balaban J connectivity index is 1.31. The van der Waals surface area contributed by atoms with Crippen molar-refractivity contribution < 1.29 is 0 Å². The maximum Gasteiger partial charge on any atom is 0.252 e. The monoisotopic (exact) mass is 805 g/mol. The standard InChI is InChI=1S/C53H60BN3Si2/c1-35-14-17-40(18-15-35)56-47-27-16-36(2)31-45(47)54-46-32-37(3)30-44-51(46)57(53(5)29-13-12-28-52(44,53)4)49-34-41(33-48(56)50(49)54)55(38-19-23-42(24-20-38)58(6,7)8)39-21-25-43(26-22-39)59(9,10)11/h14-27,30-34H,12-13,28-29H2,1-11H3. The second-order valence-corrected chi connectivity index (χ2v) is 31.0. The molecule has 0 radical (unpaired) electrons. The first kappa shape index (κ1) is 38.4. The van der Waals surface area contributed by atoms with Crippen LogP contribution in [0.15, 0.2) is 115 Å². The third kappa shape index (κ3) is 5.72. The summed E-state index contributed by atoms with van der Waals surface area (Å²) in [6.45, 7) is 26.8. The summed E-state index contributed by atoms with van der Waals surface area (Å²) in [7, 11) is -3.01. The third-order valence-corrected chi connectivity index (χ3v) is 19.0. The number of hydrogen-bond donors (Lipinski definition) is 0. The molecule has 0 bridgehead atoms. The lowest BCUT2D eigenvalue weighted by atomic mass is 9.33. The Bertz CT molecular complexity index is 2600. The van der Waals surface area contributed by atoms with Crippen LogP contribution in [0.25, 0.3) is 0 Å². The van der Waals surface area contributed by atoms with E-state index in [-0.39, 0.29) is 17.7 Å². The van der Waals surface area contributed by atoms with Gasteiger partial charge in [0.1, 0.15) is 0 Å². The van der Waals surface area contributed by atoms with Crippen LogP contribution in [-0.2, 0) is 5.41 Å². The summed E-state index contributed by atoms with van der Waals surface area (Å²) in [5.74, 6) is 0. The minimum Gasteiger partial charge on any atom is -0.335 e. The Kier molecular flexibility index (Phi) is 8.54. The molecule has 0 spiro atoms. The minimum absolute atomic E-state index is 0.0445. The number of nitrogens with zero attached hydrogens (tertiary/aromatic N) is 3. The van der Waals surface area contributed by atoms with Crippen molar-refractivity contribution in [2.24, 2.45) is 0 Å². The summed E-state index contributed by atoms with van der Waals surface area (Å²) < 4.78 is 0. The first-order chi connectivity index (χ1) is 28.0. The molecule has 4 aliphatic rings. The van der Waals surface area contributed by atoms with Gasteiger partial charge in [0, 0.05) is 45.2 Å². The fourth-order valence-electron chi connectivity index (χ4n) is 11.4. The topological polar surface area (TPSA) is 9.72 Å². The minimum atomic E-state index is -1.51. The van der Waals surface area contributed by atoms with Crippen molar-refractivity contribution in [3.8, 4) is 0 Å². The van der Waals surface area contributed by atoms with Gasteiger partial charge in [0.15, 0.2) is 0 Å². The first-order valence-corrected chi connectivity index (χ1v) is 29.1. The summed E-state index contributed by atoms with van der Waals surface area (Å²) in [4.78, 5) is 8.02. The summed E-state index contributed by atoms with van der Waals surface area (Å²) in [6, 6.07) is 45.8. The van der Waals surface area contributed by atoms with Crippen LogP contribution < -0.4 is 41.5 Å². The number of aryl methyl sites for hydroxylation is 3. The van der Waals surface area contributed by atoms with E-state index in [0.29, 0.717) is 0 Å². The summed E-state index contributed by atoms with van der Waals surface area (Å²) in [6.07, 6.45) is 4.93. The second-order valence-electron chi connectivity index (χ2n) is 20.9. The second kappa shape index (κ2) is 13.1. The van der Waals surface area contributed by atoms with Gasteiger partial charge in [-0.1, -0.05) is 147 Å². The van der Waals surface area contributed by atoms with Crippen molar-refractivity contribution in [2.75, 3.05) is 14.7 Å². The molecule has 1 fully saturated rings. The molecule has 6 aromatic carbocycles. The van der Waals surface area contributed by atoms with Crippen LogP contribution in [-0.4, -0.2) is 28.4 Å². The molecule has 6 aromatic rings. The lowest BCUT2D eigenvalue weighted by Crippen LogP contribution is -2.64. The third-order valence-electron chi connectivity index (χ3n) is 14.8. The van der Waals surface area contributed by atoms with E-state index in [1.54, 1.807) is 5.56 Å². The van der Waals surface area contributed by atoms with Crippen molar-refractivity contribution in [3.63, 3.8) is 0 Å². The SMILES string of the molecule is Cc1ccc(N2c3ccc(C)cc3B3c4cc(C)cc5c4N(c4cc(N(c6ccc([Si](C)(C)C)cc6)c6ccc([Si](C)(C)C)cc6)cc2c43)C2(C)CCCCC52C)cc1. The van der Waals surface area contributed by atoms with Crippen LogP contribution >= 0.6 is 0 Å². The van der Waals surface area contributed by atoms with Gasteiger partial charge in [0.2, 0.25) is 0 Å². The van der Waals surface area contributed by atoms with Crippen LogP contribution in [0.1, 0.15) is 61.8 Å². The fourth-order valence-corrected chi connectivity index (χ4v) is 13.7. The molecule has 2 unspecified atom stereocenters. The van der Waals surface area contributed by atoms with Crippen molar-refractivity contribution in [3.05, 3.63) is 138 Å². The van der Waals surface area contributed by atoms with Crippen LogP contribution in [0.5, 0.6) is 0 Å². The van der Waals surface area contributed by atoms with Gasteiger partial charge in [0.25, 0.3) is 6.71 Å². The molecule has 6 heteroatoms. The fraction of sp³-hybridized carbons (Fsp3) is 0.321. The number of benzene rings is 6. The van der Waals surface area contributed by atoms with E-state index < -0.39 is 16.1 Å². The molecule has 0 N–H and O–H groups in total. The van der Waals surface area contributed by atoms with Gasteiger partial charge in [-0.3, -0.25) is 0 Å². The molecule has 0 saturated heterocycles. The van der Waals surface area contributed by atoms with E-state index in [9.17, 15) is 0 Å². The molecule has 59 heavy (non-hydrogen) atoms. The summed E-state index contributed by atoms with van der Waals surface area (Å²) in [5, 5.41) is 2.97. The maximum atomic E-state index is 2.88. The first-order valence-electron chi connectivity index (χ1n) is 22.1. The van der Waals surface area contributed by atoms with E-state index in [4.69, 9.17) is 0 Å².